The van der Waals surface area contributed by atoms with Crippen LogP contribution in [0.15, 0.2) is 51.1 Å². The van der Waals surface area contributed by atoms with Crippen LogP contribution in [0.5, 0.6) is 0 Å². The number of hydrogen-bond acceptors (Lipinski definition) is 9. The number of carbonyl (C=O) groups excluding carboxylic acids is 1. The molecule has 13 heteroatoms. The first kappa shape index (κ1) is 28.3. The first-order valence-electron chi connectivity index (χ1n) is 14.2. The number of piperidine rings is 1. The van der Waals surface area contributed by atoms with Crippen molar-refractivity contribution in [1.29, 1.82) is 0 Å². The monoisotopic (exact) mass is 593 g/mol. The number of amides is 1. The minimum Gasteiger partial charge on any atom is -0.396 e. The molecule has 2 N–H and O–H groups in total. The Balaban J connectivity index is 1.22. The van der Waals surface area contributed by atoms with Gasteiger partial charge in [-0.2, -0.15) is 4.98 Å². The summed E-state index contributed by atoms with van der Waals surface area (Å²) in [5.41, 5.74) is 2.33. The van der Waals surface area contributed by atoms with E-state index in [1.165, 1.54) is 4.52 Å². The fraction of sp³-hybridized carbons (Fsp3) is 0.448. The molecule has 0 atom stereocenters. The van der Waals surface area contributed by atoms with E-state index in [1.807, 2.05) is 24.0 Å². The van der Waals surface area contributed by atoms with Crippen molar-refractivity contribution in [3.05, 3.63) is 57.9 Å². The van der Waals surface area contributed by atoms with Crippen LogP contribution in [0.2, 0.25) is 0 Å². The van der Waals surface area contributed by atoms with Crippen molar-refractivity contribution in [1.82, 2.24) is 29.6 Å². The Labute approximate surface area is 243 Å². The quantitative estimate of drug-likeness (QED) is 0.339. The number of aromatic nitrogens is 4. The highest BCUT2D eigenvalue weighted by molar-refractivity contribution is 7.91. The number of aliphatic hydroxyl groups excluding tert-OH is 1. The van der Waals surface area contributed by atoms with Crippen molar-refractivity contribution in [2.24, 2.45) is 5.92 Å². The van der Waals surface area contributed by atoms with Crippen LogP contribution < -0.4 is 10.5 Å². The number of anilines is 1. The molecule has 4 aromatic rings. The van der Waals surface area contributed by atoms with Gasteiger partial charge in [-0.05, 0) is 62.4 Å². The third-order valence-corrected chi connectivity index (χ3v) is 10.3. The molecule has 2 fully saturated rings. The molecule has 0 aliphatic carbocycles. The van der Waals surface area contributed by atoms with Gasteiger partial charge < -0.3 is 14.9 Å². The van der Waals surface area contributed by atoms with Gasteiger partial charge in [0.05, 0.1) is 22.3 Å². The Morgan fingerprint density at radius 2 is 1.76 bits per heavy atom. The van der Waals surface area contributed by atoms with Crippen molar-refractivity contribution in [3.8, 4) is 0 Å². The average Bonchev–Trinajstić information content (AvgIpc) is 3.42. The number of hydrogen-bond donors (Lipinski definition) is 2. The Kier molecular flexibility index (Phi) is 7.50. The van der Waals surface area contributed by atoms with Gasteiger partial charge in [0.1, 0.15) is 0 Å². The first-order chi connectivity index (χ1) is 20.2. The number of piperazine rings is 1. The van der Waals surface area contributed by atoms with E-state index in [1.54, 1.807) is 31.2 Å². The Bertz CT molecular complexity index is 1820. The molecule has 2 aromatic heterocycles. The molecular formula is C29H35N7O5S. The fourth-order valence-corrected chi connectivity index (χ4v) is 7.48. The Morgan fingerprint density at radius 3 is 2.45 bits per heavy atom. The molecule has 6 rings (SSSR count). The summed E-state index contributed by atoms with van der Waals surface area (Å²) in [5, 5.41) is 16.3. The Hall–Kier alpha value is -3.81. The van der Waals surface area contributed by atoms with E-state index in [9.17, 15) is 23.1 Å². The lowest BCUT2D eigenvalue weighted by Gasteiger charge is -2.37. The van der Waals surface area contributed by atoms with Crippen LogP contribution in [0, 0.1) is 19.8 Å². The second-order valence-electron chi connectivity index (χ2n) is 11.3. The summed E-state index contributed by atoms with van der Waals surface area (Å²) in [5.74, 6) is 0.424. The van der Waals surface area contributed by atoms with Gasteiger partial charge in [0, 0.05) is 51.6 Å². The van der Waals surface area contributed by atoms with Crippen LogP contribution in [-0.2, 0) is 14.6 Å². The van der Waals surface area contributed by atoms with E-state index in [-0.39, 0.29) is 28.1 Å². The lowest BCUT2D eigenvalue weighted by atomic mass is 9.98. The molecule has 42 heavy (non-hydrogen) atoms. The van der Waals surface area contributed by atoms with Crippen LogP contribution >= 0.6 is 0 Å². The SMILES string of the molecule is Cc1ccc(S(=O)(=O)c2n[nH]n3c2nc(=O)c2ccc(N4CCN(CC(=O)N5CCC(CO)CC5)CC4)cc23)c(C)c1. The van der Waals surface area contributed by atoms with E-state index < -0.39 is 15.4 Å². The molecule has 0 spiro atoms. The first-order valence-corrected chi connectivity index (χ1v) is 15.7. The number of benzene rings is 2. The van der Waals surface area contributed by atoms with Crippen LogP contribution in [0.3, 0.4) is 0 Å². The van der Waals surface area contributed by atoms with E-state index >= 15 is 0 Å². The smallest absolute Gasteiger partial charge is 0.281 e. The third kappa shape index (κ3) is 5.16. The van der Waals surface area contributed by atoms with E-state index in [0.717, 1.165) is 24.1 Å². The number of nitrogens with one attached hydrogen (secondary N) is 1. The number of sulfone groups is 1. The standard InChI is InChI=1S/C29H35N7O5S/c1-19-3-6-25(20(2)15-19)42(40,41)29-27-30-28(39)23-5-4-22(16-24(23)36(27)32-31-29)34-13-11-33(12-14-34)17-26(38)35-9-7-21(18-37)8-10-35/h3-6,15-16,21,32,37H,7-14,17-18H2,1-2H3. The van der Waals surface area contributed by atoms with Crippen molar-refractivity contribution >= 4 is 38.0 Å². The minimum atomic E-state index is -4.04. The lowest BCUT2D eigenvalue weighted by molar-refractivity contribution is -0.134. The van der Waals surface area contributed by atoms with Gasteiger partial charge >= 0.3 is 0 Å². The van der Waals surface area contributed by atoms with E-state index in [4.69, 9.17) is 0 Å². The van der Waals surface area contributed by atoms with Crippen molar-refractivity contribution in [3.63, 3.8) is 0 Å². The van der Waals surface area contributed by atoms with Gasteiger partial charge in [-0.1, -0.05) is 17.7 Å². The molecule has 1 amide bonds. The number of likely N-dealkylation sites (tertiary alicyclic amines) is 1. The molecule has 12 nitrogen and oxygen atoms in total. The number of H-pyrrole nitrogens is 1. The van der Waals surface area contributed by atoms with Gasteiger partial charge in [-0.3, -0.25) is 14.5 Å². The maximum atomic E-state index is 13.6. The fourth-order valence-electron chi connectivity index (χ4n) is 6.00. The van der Waals surface area contributed by atoms with Crippen molar-refractivity contribution < 1.29 is 18.3 Å². The predicted octanol–water partition coefficient (Wildman–Crippen LogP) is 1.37. The highest BCUT2D eigenvalue weighted by Crippen LogP contribution is 2.28. The van der Waals surface area contributed by atoms with Crippen molar-refractivity contribution in [2.45, 2.75) is 36.6 Å². The van der Waals surface area contributed by atoms with Crippen LogP contribution in [-0.4, -0.2) is 101 Å². The van der Waals surface area contributed by atoms with Gasteiger partial charge in [0.25, 0.3) is 5.56 Å². The molecule has 0 unspecified atom stereocenters. The molecule has 2 aliphatic rings. The summed E-state index contributed by atoms with van der Waals surface area (Å²) in [6, 6.07) is 10.5. The predicted molar refractivity (Wildman–Crippen MR) is 158 cm³/mol. The number of fused-ring (bicyclic) bond motifs is 3. The lowest BCUT2D eigenvalue weighted by Crippen LogP contribution is -2.51. The second-order valence-corrected chi connectivity index (χ2v) is 13.2. The zero-order chi connectivity index (χ0) is 29.6. The largest absolute Gasteiger partial charge is 0.396 e. The molecule has 0 saturated carbocycles. The van der Waals surface area contributed by atoms with E-state index in [2.05, 4.69) is 25.1 Å². The minimum absolute atomic E-state index is 0.0454. The molecule has 0 radical (unpaired) electrons. The highest BCUT2D eigenvalue weighted by atomic mass is 32.2. The number of aromatic amines is 1. The van der Waals surface area contributed by atoms with Gasteiger partial charge in [-0.15, -0.1) is 5.10 Å². The zero-order valence-electron chi connectivity index (χ0n) is 23.8. The number of aryl methyl sites for hydroxylation is 2. The molecule has 2 aromatic carbocycles. The normalized spacial score (nSPS) is 17.4. The third-order valence-electron chi connectivity index (χ3n) is 8.51. The topological polar surface area (TPSA) is 144 Å². The van der Waals surface area contributed by atoms with E-state index in [0.29, 0.717) is 68.2 Å². The summed E-state index contributed by atoms with van der Waals surface area (Å²) in [6.07, 6.45) is 1.69. The van der Waals surface area contributed by atoms with Gasteiger partial charge in [0.2, 0.25) is 20.8 Å². The molecule has 4 heterocycles. The molecule has 2 saturated heterocycles. The summed E-state index contributed by atoms with van der Waals surface area (Å²) in [4.78, 5) is 36.3. The summed E-state index contributed by atoms with van der Waals surface area (Å²) in [7, 11) is -4.04. The number of rotatable bonds is 6. The molecule has 2 aliphatic heterocycles. The number of aliphatic hydroxyl groups is 1. The second kappa shape index (κ2) is 11.1. The summed E-state index contributed by atoms with van der Waals surface area (Å²) in [6.45, 7) is 8.40. The molecular weight excluding hydrogens is 558 g/mol. The van der Waals surface area contributed by atoms with Crippen LogP contribution in [0.4, 0.5) is 5.69 Å². The maximum absolute atomic E-state index is 13.6. The van der Waals surface area contributed by atoms with Crippen LogP contribution in [0.1, 0.15) is 24.0 Å². The highest BCUT2D eigenvalue weighted by Gasteiger charge is 2.29. The van der Waals surface area contributed by atoms with Crippen molar-refractivity contribution in [2.75, 3.05) is 57.3 Å². The van der Waals surface area contributed by atoms with Gasteiger partial charge in [0.15, 0.2) is 5.65 Å². The zero-order valence-corrected chi connectivity index (χ0v) is 24.6. The molecule has 0 bridgehead atoms. The average molecular weight is 594 g/mol. The Morgan fingerprint density at radius 1 is 1.02 bits per heavy atom. The van der Waals surface area contributed by atoms with Crippen LogP contribution in [0.25, 0.3) is 16.6 Å². The summed E-state index contributed by atoms with van der Waals surface area (Å²) >= 11 is 0. The van der Waals surface area contributed by atoms with Gasteiger partial charge in [-0.25, -0.2) is 18.1 Å². The molecule has 222 valence electrons. The maximum Gasteiger partial charge on any atom is 0.281 e. The number of nitrogens with zero attached hydrogens (tertiary/aromatic N) is 6. The number of carbonyl (C=O) groups is 1. The summed E-state index contributed by atoms with van der Waals surface area (Å²) < 4.78 is 28.6.